The maximum atomic E-state index is 13.6. The number of Topliss-reactive ketones (excluding diaryl/α,β-unsaturated/α-hetero) is 6. The molecule has 0 aliphatic heterocycles. The molecule has 15 nitrogen and oxygen atoms in total. The lowest BCUT2D eigenvalue weighted by atomic mass is 9.47. The van der Waals surface area contributed by atoms with Crippen LogP contribution in [-0.2, 0) is 34.0 Å². The zero-order chi connectivity index (χ0) is 81.3. The number of hydrogen-bond donors (Lipinski definition) is 0. The number of ketones is 6. The van der Waals surface area contributed by atoms with Gasteiger partial charge in [-0.3, -0.25) is 33.2 Å². The number of benzene rings is 9. The summed E-state index contributed by atoms with van der Waals surface area (Å²) in [5, 5.41) is 15.8. The quantitative estimate of drug-likeness (QED) is 0.0334. The fraction of sp³-hybridized carbons (Fsp3) is 0.357. The molecule has 0 bridgehead atoms. The summed E-state index contributed by atoms with van der Waals surface area (Å²) in [5.41, 5.74) is 14.5. The van der Waals surface area contributed by atoms with Gasteiger partial charge in [-0.25, -0.2) is 0 Å². The topological polar surface area (TPSA) is 184 Å². The van der Waals surface area contributed by atoms with E-state index in [-0.39, 0.29) is 69.0 Å². The summed E-state index contributed by atoms with van der Waals surface area (Å²) in [7, 11) is 1.64. The van der Waals surface area contributed by atoms with Crippen molar-refractivity contribution in [3.63, 3.8) is 0 Å². The van der Waals surface area contributed by atoms with E-state index in [4.69, 9.17) is 9.47 Å². The Hall–Kier alpha value is -11.5. The average molecular weight is 1580 g/mol. The van der Waals surface area contributed by atoms with E-state index in [1.165, 1.54) is 35.4 Å². The van der Waals surface area contributed by atoms with Crippen LogP contribution in [0.2, 0.25) is 0 Å². The minimum atomic E-state index is -2.98. The molecule has 6 aliphatic carbocycles. The zero-order valence-electron chi connectivity index (χ0n) is 66.4. The molecule has 0 N–H and O–H groups in total. The van der Waals surface area contributed by atoms with E-state index >= 15 is 0 Å². The van der Waals surface area contributed by atoms with Crippen LogP contribution in [-0.4, -0.2) is 84.4 Å². The second-order valence-corrected chi connectivity index (χ2v) is 34.6. The number of aromatic nitrogens is 6. The lowest BCUT2D eigenvalue weighted by Crippen LogP contribution is -2.49. The Balaban J connectivity index is 0.000000131. The van der Waals surface area contributed by atoms with Crippen LogP contribution >= 0.6 is 0 Å². The molecular weight excluding hydrogens is 1480 g/mol. The van der Waals surface area contributed by atoms with Crippen molar-refractivity contribution in [3.05, 3.63) is 252 Å². The number of ether oxygens (including phenoxy) is 3. The van der Waals surface area contributed by atoms with E-state index in [2.05, 4.69) is 105 Å². The van der Waals surface area contributed by atoms with Crippen molar-refractivity contribution in [2.45, 2.75) is 163 Å². The maximum Gasteiger partial charge on any atom is 0.387 e. The minimum Gasteiger partial charge on any atom is -0.497 e. The highest BCUT2D eigenvalue weighted by Gasteiger charge is 2.56. The van der Waals surface area contributed by atoms with Gasteiger partial charge in [-0.2, -0.15) is 32.9 Å². The van der Waals surface area contributed by atoms with E-state index in [9.17, 15) is 46.3 Å². The Morgan fingerprint density at radius 2 is 0.624 bits per heavy atom. The Labute approximate surface area is 678 Å². The molecule has 0 atom stereocenters. The number of hydrogen-bond acceptors (Lipinski definition) is 12. The summed E-state index contributed by atoms with van der Waals surface area (Å²) in [5.74, 6) is 3.51. The van der Waals surface area contributed by atoms with Crippen LogP contribution in [0, 0.1) is 51.8 Å². The highest BCUT2D eigenvalue weighted by Crippen LogP contribution is 2.65. The molecule has 18 rings (SSSR count). The highest BCUT2D eigenvalue weighted by atomic mass is 19.3. The van der Waals surface area contributed by atoms with E-state index in [1.54, 1.807) is 49.6 Å². The SMILES string of the molecule is CC(=O)C1CC2(CC(CC(=O)c3cc(OC(F)F)cc4cnn(Cc5ccc(-c6ccccc6)cc5)c34)C2)C1.CC(=O)CC1CC2(C1)CC(CC(=O)c1cc(OC(F)F)cc3cnn(Cc4ccc(-c5ccccc5)cc4)c13)C2.COc1cc(C(=O)CC2CC3(CC(CC(C)=O)C3)C2)c2c(cnn2Cc2ccc(-c3ccccc3)cc2)c1. The molecule has 3 aromatic heterocycles. The van der Waals surface area contributed by atoms with Gasteiger partial charge in [0.1, 0.15) is 34.6 Å². The van der Waals surface area contributed by atoms with Gasteiger partial charge < -0.3 is 23.8 Å². The number of rotatable bonds is 28. The van der Waals surface area contributed by atoms with Crippen molar-refractivity contribution in [3.8, 4) is 50.6 Å². The molecule has 117 heavy (non-hydrogen) atoms. The van der Waals surface area contributed by atoms with E-state index in [0.717, 1.165) is 127 Å². The van der Waals surface area contributed by atoms with Crippen LogP contribution < -0.4 is 14.2 Å². The van der Waals surface area contributed by atoms with Crippen molar-refractivity contribution < 1.29 is 60.5 Å². The number of halogens is 4. The molecule has 0 unspecified atom stereocenters. The second-order valence-electron chi connectivity index (χ2n) is 34.6. The van der Waals surface area contributed by atoms with Gasteiger partial charge in [0, 0.05) is 70.9 Å². The predicted molar refractivity (Wildman–Crippen MR) is 444 cm³/mol. The van der Waals surface area contributed by atoms with Crippen molar-refractivity contribution in [1.29, 1.82) is 0 Å². The summed E-state index contributed by atoms with van der Waals surface area (Å²) in [4.78, 5) is 75.2. The Morgan fingerprint density at radius 3 is 0.897 bits per heavy atom. The summed E-state index contributed by atoms with van der Waals surface area (Å²) in [6, 6.07) is 65.2. The molecule has 12 aromatic rings. The van der Waals surface area contributed by atoms with E-state index in [1.807, 2.05) is 102 Å². The largest absolute Gasteiger partial charge is 0.497 e. The second kappa shape index (κ2) is 33.6. The summed E-state index contributed by atoms with van der Waals surface area (Å²) < 4.78 is 72.6. The van der Waals surface area contributed by atoms with Gasteiger partial charge >= 0.3 is 13.2 Å². The first kappa shape index (κ1) is 79.4. The number of alkyl halides is 4. The van der Waals surface area contributed by atoms with Gasteiger partial charge in [0.25, 0.3) is 0 Å². The first-order valence-corrected chi connectivity index (χ1v) is 40.9. The molecule has 6 fully saturated rings. The third-order valence-corrected chi connectivity index (χ3v) is 25.6. The first-order chi connectivity index (χ1) is 56.5. The zero-order valence-corrected chi connectivity index (χ0v) is 66.4. The van der Waals surface area contributed by atoms with Crippen LogP contribution in [0.1, 0.15) is 178 Å². The van der Waals surface area contributed by atoms with Crippen LogP contribution in [0.25, 0.3) is 66.1 Å². The molecule has 600 valence electrons. The molecule has 9 aromatic carbocycles. The number of carbonyl (C=O) groups excluding carboxylic acids is 6. The Kier molecular flexibility index (Phi) is 22.8. The number of carbonyl (C=O) groups is 6. The molecular formula is C98H96F4N6O9. The number of nitrogens with zero attached hydrogens (tertiary/aromatic N) is 6. The molecule has 0 saturated heterocycles. The average Bonchev–Trinajstić information content (AvgIpc) is 1.72. The Bertz CT molecular complexity index is 5630. The van der Waals surface area contributed by atoms with Crippen LogP contribution in [0.5, 0.6) is 17.2 Å². The molecule has 0 radical (unpaired) electrons. The van der Waals surface area contributed by atoms with Crippen molar-refractivity contribution in [2.24, 2.45) is 51.8 Å². The molecule has 3 spiro atoms. The molecule has 6 aliphatic rings. The third-order valence-electron chi connectivity index (χ3n) is 25.6. The van der Waals surface area contributed by atoms with Crippen LogP contribution in [0.3, 0.4) is 0 Å². The van der Waals surface area contributed by atoms with Gasteiger partial charge in [-0.05, 0) is 230 Å². The van der Waals surface area contributed by atoms with Gasteiger partial charge in [0.2, 0.25) is 0 Å². The summed E-state index contributed by atoms with van der Waals surface area (Å²) in [6.07, 6.45) is 20.0. The van der Waals surface area contributed by atoms with Crippen molar-refractivity contribution in [2.75, 3.05) is 7.11 Å². The van der Waals surface area contributed by atoms with Crippen LogP contribution in [0.4, 0.5) is 17.6 Å². The number of fused-ring (bicyclic) bond motifs is 3. The van der Waals surface area contributed by atoms with Crippen LogP contribution in [0.15, 0.2) is 219 Å². The standard InChI is InChI=1S/C33H32F2N2O3.C33H34N2O3.C32H30F2N2O3/c1-21(38)11-23-15-33(16-23)17-24(18-33)12-30(39)29-14-28(40-32(34)35)13-27-19-36-37(31(27)29)20-22-7-9-26(10-8-22)25-5-3-2-4-6-25;1-22(36)12-24-16-33(17-24)18-25(19-33)13-31(37)30-15-29(38-2)14-28-20-34-35(32(28)30)21-23-8-10-27(11-9-23)26-6-4-3-5-7-26;1-20(37)26-16-32(17-26)14-22(15-32)11-29(38)28-13-27(39-31(33)34)12-25-18-35-36(30(25)28)19-21-7-9-24(10-8-21)23-5-3-2-4-6-23/h2-10,13-14,19,23-24,32H,11-12,15-18,20H2,1H3;3-11,14-15,20,24-25H,12-13,16-19,21H2,1-2H3;2-10,12-13,18,22,26,31H,11,14-17,19H2,1H3. The van der Waals surface area contributed by atoms with Gasteiger partial charge in [0.05, 0.1) is 61.9 Å². The fourth-order valence-corrected chi connectivity index (χ4v) is 20.6. The van der Waals surface area contributed by atoms with Crippen molar-refractivity contribution in [1.82, 2.24) is 29.3 Å². The summed E-state index contributed by atoms with van der Waals surface area (Å²) >= 11 is 0. The molecule has 6 saturated carbocycles. The van der Waals surface area contributed by atoms with Gasteiger partial charge in [-0.15, -0.1) is 0 Å². The normalized spacial score (nSPS) is 22.0. The molecule has 19 heteroatoms. The van der Waals surface area contributed by atoms with E-state index < -0.39 is 13.2 Å². The fourth-order valence-electron chi connectivity index (χ4n) is 20.6. The lowest BCUT2D eigenvalue weighted by molar-refractivity contribution is -0.136. The number of methoxy groups -OCH3 is 1. The highest BCUT2D eigenvalue weighted by molar-refractivity contribution is 6.09. The Morgan fingerprint density at radius 1 is 0.359 bits per heavy atom. The van der Waals surface area contributed by atoms with Gasteiger partial charge in [-0.1, -0.05) is 164 Å². The van der Waals surface area contributed by atoms with E-state index in [0.29, 0.717) is 125 Å². The lowest BCUT2D eigenvalue weighted by Gasteiger charge is -2.58. The third kappa shape index (κ3) is 17.9. The van der Waals surface area contributed by atoms with Gasteiger partial charge in [0.15, 0.2) is 17.3 Å². The van der Waals surface area contributed by atoms with Crippen molar-refractivity contribution >= 4 is 67.4 Å². The monoisotopic (exact) mass is 1580 g/mol. The molecule has 0 amide bonds. The molecule has 3 heterocycles. The summed E-state index contributed by atoms with van der Waals surface area (Å²) in [6.45, 7) is 0.490. The predicted octanol–water partition coefficient (Wildman–Crippen LogP) is 22.2. The smallest absolute Gasteiger partial charge is 0.387 e. The maximum absolute atomic E-state index is 13.6. The first-order valence-electron chi connectivity index (χ1n) is 40.9. The minimum absolute atomic E-state index is 0.0336.